The highest BCUT2D eigenvalue weighted by atomic mass is 15.0. The molecule has 88 valence electrons. The molecule has 0 unspecified atom stereocenters. The molecule has 3 heteroatoms. The molecule has 0 aliphatic heterocycles. The predicted octanol–water partition coefficient (Wildman–Crippen LogP) is 2.67. The number of hydrogen-bond acceptors (Lipinski definition) is 3. The van der Waals surface area contributed by atoms with Crippen LogP contribution in [0.3, 0.4) is 0 Å². The lowest BCUT2D eigenvalue weighted by Crippen LogP contribution is -1.98. The standard InChI is InChI=1S/C14H17N3/c1-3-11-7-8-12(16-10-11)9-13-5-4-6-14(15-2)17-13/h4-8,10H,3,9H2,1-2H3,(H,15,17). The number of hydrogen-bond donors (Lipinski definition) is 1. The van der Waals surface area contributed by atoms with Gasteiger partial charge in [-0.1, -0.05) is 19.1 Å². The second-order valence-electron chi connectivity index (χ2n) is 3.95. The van der Waals surface area contributed by atoms with Crippen LogP contribution in [0.5, 0.6) is 0 Å². The van der Waals surface area contributed by atoms with Crippen molar-refractivity contribution in [2.75, 3.05) is 12.4 Å². The summed E-state index contributed by atoms with van der Waals surface area (Å²) in [5, 5.41) is 3.04. The van der Waals surface area contributed by atoms with Crippen LogP contribution in [0.4, 0.5) is 5.82 Å². The molecule has 2 aromatic rings. The normalized spacial score (nSPS) is 10.2. The van der Waals surface area contributed by atoms with Gasteiger partial charge in [0.1, 0.15) is 5.82 Å². The van der Waals surface area contributed by atoms with Crippen LogP contribution >= 0.6 is 0 Å². The van der Waals surface area contributed by atoms with Crippen LogP contribution in [0, 0.1) is 0 Å². The van der Waals surface area contributed by atoms with Gasteiger partial charge in [0.25, 0.3) is 0 Å². The fraction of sp³-hybridized carbons (Fsp3) is 0.286. The quantitative estimate of drug-likeness (QED) is 0.872. The van der Waals surface area contributed by atoms with E-state index in [2.05, 4.69) is 34.3 Å². The Kier molecular flexibility index (Phi) is 3.70. The van der Waals surface area contributed by atoms with Crippen molar-refractivity contribution in [2.24, 2.45) is 0 Å². The van der Waals surface area contributed by atoms with Gasteiger partial charge >= 0.3 is 0 Å². The van der Waals surface area contributed by atoms with E-state index in [1.54, 1.807) is 0 Å². The average molecular weight is 227 g/mol. The largest absolute Gasteiger partial charge is 0.373 e. The van der Waals surface area contributed by atoms with E-state index in [-0.39, 0.29) is 0 Å². The van der Waals surface area contributed by atoms with Crippen molar-refractivity contribution in [1.29, 1.82) is 0 Å². The topological polar surface area (TPSA) is 37.8 Å². The van der Waals surface area contributed by atoms with E-state index in [1.165, 1.54) is 5.56 Å². The maximum Gasteiger partial charge on any atom is 0.125 e. The van der Waals surface area contributed by atoms with Crippen LogP contribution < -0.4 is 5.32 Å². The summed E-state index contributed by atoms with van der Waals surface area (Å²) in [6, 6.07) is 10.2. The highest BCUT2D eigenvalue weighted by Gasteiger charge is 2.00. The Morgan fingerprint density at radius 3 is 2.65 bits per heavy atom. The third kappa shape index (κ3) is 3.03. The zero-order chi connectivity index (χ0) is 12.1. The number of nitrogens with one attached hydrogen (secondary N) is 1. The molecular weight excluding hydrogens is 210 g/mol. The summed E-state index contributed by atoms with van der Waals surface area (Å²) >= 11 is 0. The first-order valence-electron chi connectivity index (χ1n) is 5.89. The van der Waals surface area contributed by atoms with Gasteiger partial charge in [-0.2, -0.15) is 0 Å². The average Bonchev–Trinajstić information content (AvgIpc) is 2.40. The Balaban J connectivity index is 2.13. The molecule has 2 rings (SSSR count). The van der Waals surface area contributed by atoms with Crippen molar-refractivity contribution >= 4 is 5.82 Å². The van der Waals surface area contributed by atoms with Gasteiger partial charge in [-0.05, 0) is 30.2 Å². The second-order valence-corrected chi connectivity index (χ2v) is 3.95. The van der Waals surface area contributed by atoms with Gasteiger partial charge in [0.05, 0.1) is 0 Å². The lowest BCUT2D eigenvalue weighted by atomic mass is 10.1. The Labute approximate surface area is 102 Å². The first-order chi connectivity index (χ1) is 8.31. The molecule has 0 saturated heterocycles. The van der Waals surface area contributed by atoms with E-state index >= 15 is 0 Å². The molecule has 0 atom stereocenters. The van der Waals surface area contributed by atoms with E-state index in [0.29, 0.717) is 0 Å². The highest BCUT2D eigenvalue weighted by molar-refractivity contribution is 5.35. The molecule has 0 aromatic carbocycles. The van der Waals surface area contributed by atoms with Gasteiger partial charge in [-0.25, -0.2) is 4.98 Å². The maximum atomic E-state index is 4.48. The summed E-state index contributed by atoms with van der Waals surface area (Å²) in [7, 11) is 1.88. The first kappa shape index (κ1) is 11.6. The molecule has 3 nitrogen and oxygen atoms in total. The third-order valence-electron chi connectivity index (χ3n) is 2.72. The van der Waals surface area contributed by atoms with Crippen molar-refractivity contribution in [3.8, 4) is 0 Å². The van der Waals surface area contributed by atoms with Crippen molar-refractivity contribution in [3.05, 3.63) is 53.5 Å². The molecule has 0 fully saturated rings. The second kappa shape index (κ2) is 5.43. The molecule has 17 heavy (non-hydrogen) atoms. The SMILES string of the molecule is CCc1ccc(Cc2cccc(NC)n2)nc1. The van der Waals surface area contributed by atoms with Gasteiger partial charge in [0.2, 0.25) is 0 Å². The molecule has 0 spiro atoms. The smallest absolute Gasteiger partial charge is 0.125 e. The molecule has 0 saturated carbocycles. The molecule has 2 aromatic heterocycles. The van der Waals surface area contributed by atoms with Crippen LogP contribution in [-0.4, -0.2) is 17.0 Å². The molecule has 0 aliphatic rings. The minimum atomic E-state index is 0.777. The Bertz CT molecular complexity index is 477. The summed E-state index contributed by atoms with van der Waals surface area (Å²) in [6.45, 7) is 2.13. The summed E-state index contributed by atoms with van der Waals surface area (Å²) in [6.07, 6.45) is 3.75. The van der Waals surface area contributed by atoms with Crippen LogP contribution in [-0.2, 0) is 12.8 Å². The molecular formula is C14H17N3. The van der Waals surface area contributed by atoms with Crippen LogP contribution in [0.2, 0.25) is 0 Å². The summed E-state index contributed by atoms with van der Waals surface area (Å²) < 4.78 is 0. The predicted molar refractivity (Wildman–Crippen MR) is 70.2 cm³/mol. The van der Waals surface area contributed by atoms with Crippen LogP contribution in [0.1, 0.15) is 23.9 Å². The lowest BCUT2D eigenvalue weighted by molar-refractivity contribution is 0.992. The summed E-state index contributed by atoms with van der Waals surface area (Å²) in [4.78, 5) is 8.92. The van der Waals surface area contributed by atoms with E-state index in [4.69, 9.17) is 0 Å². The minimum Gasteiger partial charge on any atom is -0.373 e. The monoisotopic (exact) mass is 227 g/mol. The lowest BCUT2D eigenvalue weighted by Gasteiger charge is -2.04. The van der Waals surface area contributed by atoms with Gasteiger partial charge in [0, 0.05) is 31.1 Å². The van der Waals surface area contributed by atoms with Crippen LogP contribution in [0.25, 0.3) is 0 Å². The Morgan fingerprint density at radius 2 is 2.00 bits per heavy atom. The van der Waals surface area contributed by atoms with Crippen LogP contribution in [0.15, 0.2) is 36.5 Å². The van der Waals surface area contributed by atoms with Crippen molar-refractivity contribution in [3.63, 3.8) is 0 Å². The van der Waals surface area contributed by atoms with Gasteiger partial charge < -0.3 is 5.32 Å². The number of pyridine rings is 2. The molecule has 0 aliphatic carbocycles. The van der Waals surface area contributed by atoms with Crippen molar-refractivity contribution in [2.45, 2.75) is 19.8 Å². The zero-order valence-corrected chi connectivity index (χ0v) is 10.3. The summed E-state index contributed by atoms with van der Waals surface area (Å²) in [5.74, 6) is 0.896. The molecule has 0 radical (unpaired) electrons. The summed E-state index contributed by atoms with van der Waals surface area (Å²) in [5.41, 5.74) is 3.36. The number of aryl methyl sites for hydroxylation is 1. The Morgan fingerprint density at radius 1 is 1.12 bits per heavy atom. The third-order valence-corrected chi connectivity index (χ3v) is 2.72. The fourth-order valence-corrected chi connectivity index (χ4v) is 1.67. The molecule has 0 amide bonds. The van der Waals surface area contributed by atoms with Crippen molar-refractivity contribution in [1.82, 2.24) is 9.97 Å². The van der Waals surface area contributed by atoms with E-state index < -0.39 is 0 Å². The van der Waals surface area contributed by atoms with Gasteiger partial charge in [0.15, 0.2) is 0 Å². The van der Waals surface area contributed by atoms with Crippen molar-refractivity contribution < 1.29 is 0 Å². The molecule has 2 heterocycles. The molecule has 0 bridgehead atoms. The van der Waals surface area contributed by atoms with Gasteiger partial charge in [-0.3, -0.25) is 4.98 Å². The number of rotatable bonds is 4. The Hall–Kier alpha value is -1.90. The number of nitrogens with zero attached hydrogens (tertiary/aromatic N) is 2. The zero-order valence-electron chi connectivity index (χ0n) is 10.3. The first-order valence-corrected chi connectivity index (χ1v) is 5.89. The maximum absolute atomic E-state index is 4.48. The minimum absolute atomic E-state index is 0.777. The highest BCUT2D eigenvalue weighted by Crippen LogP contribution is 2.09. The van der Waals surface area contributed by atoms with E-state index in [9.17, 15) is 0 Å². The number of anilines is 1. The van der Waals surface area contributed by atoms with E-state index in [1.807, 2.05) is 31.4 Å². The van der Waals surface area contributed by atoms with E-state index in [0.717, 1.165) is 30.0 Å². The molecule has 1 N–H and O–H groups in total. The fourth-order valence-electron chi connectivity index (χ4n) is 1.67. The van der Waals surface area contributed by atoms with Gasteiger partial charge in [-0.15, -0.1) is 0 Å². The number of aromatic nitrogens is 2.